The molecule has 9 heteroatoms. The number of para-hydroxylation sites is 13. The van der Waals surface area contributed by atoms with Gasteiger partial charge in [0, 0.05) is 131 Å². The van der Waals surface area contributed by atoms with E-state index in [1.165, 1.54) is 76.5 Å². The van der Waals surface area contributed by atoms with Crippen LogP contribution in [0, 0.1) is 0 Å². The standard InChI is InChI=1S/C48H29NO2.2C42H25NO2/c1-2-10-36(11-3-1)49-43-15-7-4-12-37(43)40-27-30(18-21-44(40)49)33-24-34(31-19-22-47-41(28-31)38-13-5-8-16-45(38)50-47)26-35(25-33)32-20-23-48-42(29-32)39-14-6-9-17-46(39)51-48;1-2-10-28(11-3-1)43-37-18-6-4-12-29(37)35-24-26(20-22-38(35)43)27-21-23-40-36(25-27)34-17-9-16-33(42(34)45-40)32-15-8-14-31-30-13-5-7-19-39(30)44-41(31)32;1-2-9-29(10-3-1)43-37-15-6-4-11-31(37)34-25-28(17-20-38(34)43)30-13-8-14-33-36-24-27(19-22-41(36)45-42(30)33)26-18-21-40-35(23-26)32-12-5-7-16-39(32)44-40/h1-29H;2*1-25H. The lowest BCUT2D eigenvalue weighted by Crippen LogP contribution is -1.92. The molecule has 0 atom stereocenters. The van der Waals surface area contributed by atoms with Gasteiger partial charge in [0.2, 0.25) is 0 Å². The molecule has 31 aromatic rings. The molecule has 9 heterocycles. The first-order valence-electron chi connectivity index (χ1n) is 47.9. The van der Waals surface area contributed by atoms with Crippen molar-refractivity contribution in [2.45, 2.75) is 0 Å². The molecule has 0 fully saturated rings. The molecular formula is C132H79N3O6. The summed E-state index contributed by atoms with van der Waals surface area (Å²) in [5.74, 6) is 0. The highest BCUT2D eigenvalue weighted by molar-refractivity contribution is 6.20. The first kappa shape index (κ1) is 79.4. The molecule has 0 spiro atoms. The Morgan fingerprint density at radius 1 is 0.113 bits per heavy atom. The molecule has 0 aliphatic carbocycles. The number of rotatable bonds is 10. The van der Waals surface area contributed by atoms with E-state index in [1.807, 2.05) is 48.5 Å². The molecule has 0 N–H and O–H groups in total. The highest BCUT2D eigenvalue weighted by atomic mass is 16.4. The van der Waals surface area contributed by atoms with Gasteiger partial charge in [0.15, 0.2) is 0 Å². The van der Waals surface area contributed by atoms with Crippen molar-refractivity contribution in [1.29, 1.82) is 0 Å². The summed E-state index contributed by atoms with van der Waals surface area (Å²) in [6, 6.07) is 170. The van der Waals surface area contributed by atoms with E-state index in [2.05, 4.69) is 444 Å². The van der Waals surface area contributed by atoms with Crippen LogP contribution < -0.4 is 0 Å². The van der Waals surface area contributed by atoms with Gasteiger partial charge in [0.25, 0.3) is 0 Å². The van der Waals surface area contributed by atoms with Crippen molar-refractivity contribution in [3.8, 4) is 95.0 Å². The van der Waals surface area contributed by atoms with Crippen molar-refractivity contribution < 1.29 is 26.5 Å². The number of hydrogen-bond acceptors (Lipinski definition) is 6. The van der Waals surface area contributed by atoms with E-state index < -0.39 is 0 Å². The average molecular weight is 1800 g/mol. The van der Waals surface area contributed by atoms with E-state index in [0.717, 1.165) is 215 Å². The first-order chi connectivity index (χ1) is 69.9. The molecule has 0 bridgehead atoms. The molecule has 9 aromatic heterocycles. The van der Waals surface area contributed by atoms with Crippen LogP contribution in [0.25, 0.3) is 292 Å². The Hall–Kier alpha value is -19.0. The van der Waals surface area contributed by atoms with E-state index in [9.17, 15) is 0 Å². The predicted octanol–water partition coefficient (Wildman–Crippen LogP) is 37.4. The molecule has 0 saturated carbocycles. The monoisotopic (exact) mass is 1800 g/mol. The van der Waals surface area contributed by atoms with Crippen molar-refractivity contribution in [2.75, 3.05) is 0 Å². The van der Waals surface area contributed by atoms with Gasteiger partial charge in [0.1, 0.15) is 67.0 Å². The summed E-state index contributed by atoms with van der Waals surface area (Å²) in [5.41, 5.74) is 37.3. The van der Waals surface area contributed by atoms with Crippen molar-refractivity contribution in [3.63, 3.8) is 0 Å². The third kappa shape index (κ3) is 12.9. The quantitative estimate of drug-likeness (QED) is 0.135. The maximum Gasteiger partial charge on any atom is 0.143 e. The first-order valence-corrected chi connectivity index (χ1v) is 47.9. The van der Waals surface area contributed by atoms with Crippen molar-refractivity contribution >= 4 is 197 Å². The van der Waals surface area contributed by atoms with Crippen LogP contribution in [0.2, 0.25) is 0 Å². The second-order valence-corrected chi connectivity index (χ2v) is 36.8. The van der Waals surface area contributed by atoms with Crippen LogP contribution in [0.5, 0.6) is 0 Å². The van der Waals surface area contributed by atoms with Crippen LogP contribution in [0.1, 0.15) is 0 Å². The maximum atomic E-state index is 6.60. The van der Waals surface area contributed by atoms with Gasteiger partial charge in [-0.05, 0) is 255 Å². The van der Waals surface area contributed by atoms with Crippen LogP contribution in [-0.4, -0.2) is 13.7 Å². The number of furan rings is 6. The van der Waals surface area contributed by atoms with Crippen LogP contribution in [0.3, 0.4) is 0 Å². The molecule has 658 valence electrons. The molecule has 9 nitrogen and oxygen atoms in total. The van der Waals surface area contributed by atoms with Crippen molar-refractivity contribution in [1.82, 2.24) is 13.7 Å². The fraction of sp³-hybridized carbons (Fsp3) is 0. The zero-order valence-corrected chi connectivity index (χ0v) is 75.9. The molecule has 0 aliphatic rings. The van der Waals surface area contributed by atoms with Crippen molar-refractivity contribution in [2.24, 2.45) is 0 Å². The van der Waals surface area contributed by atoms with Gasteiger partial charge in [-0.25, -0.2) is 0 Å². The second kappa shape index (κ2) is 31.8. The third-order valence-electron chi connectivity index (χ3n) is 28.8. The molecule has 0 saturated heterocycles. The largest absolute Gasteiger partial charge is 0.456 e. The Morgan fingerprint density at radius 2 is 0.326 bits per heavy atom. The van der Waals surface area contributed by atoms with Crippen LogP contribution >= 0.6 is 0 Å². The smallest absolute Gasteiger partial charge is 0.143 e. The number of nitrogens with zero attached hydrogens (tertiary/aromatic N) is 3. The zero-order chi connectivity index (χ0) is 92.4. The van der Waals surface area contributed by atoms with Crippen LogP contribution in [0.4, 0.5) is 0 Å². The molecule has 0 unspecified atom stereocenters. The second-order valence-electron chi connectivity index (χ2n) is 36.8. The molecule has 31 rings (SSSR count). The third-order valence-corrected chi connectivity index (χ3v) is 28.8. The summed E-state index contributed by atoms with van der Waals surface area (Å²) in [7, 11) is 0. The summed E-state index contributed by atoms with van der Waals surface area (Å²) in [5, 5.41) is 20.9. The van der Waals surface area contributed by atoms with Gasteiger partial charge < -0.3 is 40.2 Å². The van der Waals surface area contributed by atoms with Gasteiger partial charge in [-0.2, -0.15) is 0 Å². The maximum absolute atomic E-state index is 6.60. The highest BCUT2D eigenvalue weighted by Crippen LogP contribution is 2.49. The Labute approximate surface area is 805 Å². The lowest BCUT2D eigenvalue weighted by molar-refractivity contribution is 0.665. The zero-order valence-electron chi connectivity index (χ0n) is 75.9. The summed E-state index contributed by atoms with van der Waals surface area (Å²) < 4.78 is 45.1. The minimum Gasteiger partial charge on any atom is -0.456 e. The van der Waals surface area contributed by atoms with E-state index >= 15 is 0 Å². The summed E-state index contributed by atoms with van der Waals surface area (Å²) in [4.78, 5) is 0. The topological polar surface area (TPSA) is 93.6 Å². The molecule has 0 amide bonds. The minimum atomic E-state index is 0.874. The SMILES string of the molecule is c1ccc(-n2c3ccccc3c3cc(-c4cc(-c5ccc6oc7ccccc7c6c5)cc(-c5ccc6oc7ccccc7c6c5)c4)ccc32)cc1.c1ccc(-n2c3ccccc3c3cc(-c4ccc5oc6c(-c7cccc8c7oc7ccccc78)cccc6c5c4)ccc32)cc1.c1ccc(-n2c3ccccc3c3cc(-c4cccc5c4oc4ccc(-c6ccc7oc8ccccc8c7c6)cc45)ccc32)cc1. The van der Waals surface area contributed by atoms with Crippen LogP contribution in [0.15, 0.2) is 506 Å². The lowest BCUT2D eigenvalue weighted by Gasteiger charge is -2.12. The molecular weight excluding hydrogens is 1720 g/mol. The minimum absolute atomic E-state index is 0.874. The lowest BCUT2D eigenvalue weighted by atomic mass is 9.92. The molecule has 141 heavy (non-hydrogen) atoms. The van der Waals surface area contributed by atoms with Crippen molar-refractivity contribution in [3.05, 3.63) is 479 Å². The average Bonchev–Trinajstić information content (AvgIpc) is 1.60. The molecule has 22 aromatic carbocycles. The predicted molar refractivity (Wildman–Crippen MR) is 584 cm³/mol. The van der Waals surface area contributed by atoms with Gasteiger partial charge in [-0.15, -0.1) is 0 Å². The van der Waals surface area contributed by atoms with Gasteiger partial charge >= 0.3 is 0 Å². The van der Waals surface area contributed by atoms with Gasteiger partial charge in [-0.3, -0.25) is 0 Å². The highest BCUT2D eigenvalue weighted by Gasteiger charge is 2.25. The summed E-state index contributed by atoms with van der Waals surface area (Å²) in [6.45, 7) is 0. The number of benzene rings is 22. The van der Waals surface area contributed by atoms with Crippen LogP contribution in [-0.2, 0) is 0 Å². The Balaban J connectivity index is 0.000000102. The number of hydrogen-bond donors (Lipinski definition) is 0. The molecule has 0 radical (unpaired) electrons. The fourth-order valence-electron chi connectivity index (χ4n) is 22.2. The molecule has 0 aliphatic heterocycles. The van der Waals surface area contributed by atoms with Gasteiger partial charge in [0.05, 0.1) is 33.1 Å². The van der Waals surface area contributed by atoms with Gasteiger partial charge in [-0.1, -0.05) is 285 Å². The number of aromatic nitrogens is 3. The Kier molecular flexibility index (Phi) is 17.9. The summed E-state index contributed by atoms with van der Waals surface area (Å²) in [6.07, 6.45) is 0. The Morgan fingerprint density at radius 3 is 0.674 bits per heavy atom. The van der Waals surface area contributed by atoms with E-state index in [0.29, 0.717) is 0 Å². The van der Waals surface area contributed by atoms with E-state index in [1.54, 1.807) is 0 Å². The Bertz CT molecular complexity index is 10400. The number of fused-ring (bicyclic) bond motifs is 27. The van der Waals surface area contributed by atoms with E-state index in [4.69, 9.17) is 26.5 Å². The van der Waals surface area contributed by atoms with E-state index in [-0.39, 0.29) is 0 Å². The fourth-order valence-corrected chi connectivity index (χ4v) is 22.2. The summed E-state index contributed by atoms with van der Waals surface area (Å²) >= 11 is 0. The normalized spacial score (nSPS) is 12.0.